The van der Waals surface area contributed by atoms with Crippen LogP contribution in [0.4, 0.5) is 0 Å². The summed E-state index contributed by atoms with van der Waals surface area (Å²) in [5, 5.41) is 13.7. The Kier molecular flexibility index (Phi) is 6.76. The average molecular weight is 667 g/mol. The van der Waals surface area contributed by atoms with Crippen LogP contribution in [0.25, 0.3) is 100 Å². The molecule has 6 heteroatoms. The Morgan fingerprint density at radius 3 is 1.79 bits per heavy atom. The molecule has 3 heterocycles. The van der Waals surface area contributed by atoms with Crippen molar-refractivity contribution in [2.75, 3.05) is 0 Å². The number of nitriles is 1. The highest BCUT2D eigenvalue weighted by Gasteiger charge is 2.20. The van der Waals surface area contributed by atoms with Gasteiger partial charge in [0.25, 0.3) is 0 Å². The third-order valence-corrected chi connectivity index (χ3v) is 9.59. The van der Waals surface area contributed by atoms with E-state index < -0.39 is 0 Å². The van der Waals surface area contributed by atoms with Crippen LogP contribution in [-0.2, 0) is 0 Å². The standard InChI is InChI=1S/C46H26N4O2/c47-27-28-11-8-14-30(25-28)32-15-4-5-16-34(32)45-48-44(49-46(50-45)37-19-10-22-40-43(37)35-17-6-7-20-38(35)51-40)31-23-24-36-41(26-31)52-39-21-9-18-33(42(36)39)29-12-2-1-3-13-29/h1-26H. The number of furan rings is 2. The molecule has 10 rings (SSSR count). The van der Waals surface area contributed by atoms with Crippen LogP contribution in [0.3, 0.4) is 0 Å². The van der Waals surface area contributed by atoms with E-state index in [0.29, 0.717) is 23.0 Å². The van der Waals surface area contributed by atoms with Gasteiger partial charge >= 0.3 is 0 Å². The van der Waals surface area contributed by atoms with Crippen molar-refractivity contribution in [3.63, 3.8) is 0 Å². The molecule has 0 atom stereocenters. The largest absolute Gasteiger partial charge is 0.456 e. The molecule has 7 aromatic carbocycles. The third kappa shape index (κ3) is 4.84. The van der Waals surface area contributed by atoms with Crippen molar-refractivity contribution in [1.82, 2.24) is 15.0 Å². The SMILES string of the molecule is N#Cc1cccc(-c2ccccc2-c2nc(-c3ccc4c(c3)oc3cccc(-c5ccccc5)c34)nc(-c3cccc4oc5ccccc5c34)n2)c1. The van der Waals surface area contributed by atoms with Crippen LogP contribution in [0.2, 0.25) is 0 Å². The minimum Gasteiger partial charge on any atom is -0.456 e. The first-order valence-corrected chi connectivity index (χ1v) is 17.0. The van der Waals surface area contributed by atoms with Crippen molar-refractivity contribution in [3.8, 4) is 62.5 Å². The number of aromatic nitrogens is 3. The lowest BCUT2D eigenvalue weighted by Gasteiger charge is -2.12. The molecule has 0 saturated heterocycles. The number of hydrogen-bond donors (Lipinski definition) is 0. The molecule has 0 spiro atoms. The van der Waals surface area contributed by atoms with Crippen molar-refractivity contribution in [3.05, 3.63) is 163 Å². The molecule has 0 fully saturated rings. The zero-order chi connectivity index (χ0) is 34.6. The molecule has 6 nitrogen and oxygen atoms in total. The van der Waals surface area contributed by atoms with Gasteiger partial charge in [-0.2, -0.15) is 5.26 Å². The van der Waals surface area contributed by atoms with Crippen LogP contribution < -0.4 is 0 Å². The lowest BCUT2D eigenvalue weighted by Crippen LogP contribution is -2.01. The first-order chi connectivity index (χ1) is 25.7. The zero-order valence-corrected chi connectivity index (χ0v) is 27.6. The summed E-state index contributed by atoms with van der Waals surface area (Å²) < 4.78 is 12.7. The van der Waals surface area contributed by atoms with Crippen LogP contribution in [0.5, 0.6) is 0 Å². The Morgan fingerprint density at radius 2 is 0.962 bits per heavy atom. The van der Waals surface area contributed by atoms with Crippen LogP contribution in [0, 0.1) is 11.3 Å². The molecule has 0 unspecified atom stereocenters. The number of para-hydroxylation sites is 1. The van der Waals surface area contributed by atoms with Gasteiger partial charge in [-0.25, -0.2) is 15.0 Å². The van der Waals surface area contributed by atoms with Crippen LogP contribution >= 0.6 is 0 Å². The van der Waals surface area contributed by atoms with Gasteiger partial charge < -0.3 is 8.83 Å². The molecule has 10 aromatic rings. The fourth-order valence-corrected chi connectivity index (χ4v) is 7.22. The summed E-state index contributed by atoms with van der Waals surface area (Å²) in [6.45, 7) is 0. The maximum atomic E-state index is 9.66. The summed E-state index contributed by atoms with van der Waals surface area (Å²) in [6.07, 6.45) is 0. The lowest BCUT2D eigenvalue weighted by molar-refractivity contribution is 0.668. The molecule has 0 amide bonds. The Labute approximate surface area is 297 Å². The molecule has 3 aromatic heterocycles. The fraction of sp³-hybridized carbons (Fsp3) is 0. The van der Waals surface area contributed by atoms with Gasteiger partial charge in [-0.1, -0.05) is 115 Å². The normalized spacial score (nSPS) is 11.4. The minimum atomic E-state index is 0.510. The molecule has 0 aliphatic rings. The van der Waals surface area contributed by atoms with Gasteiger partial charge in [0.15, 0.2) is 17.5 Å². The lowest BCUT2D eigenvalue weighted by atomic mass is 9.97. The monoisotopic (exact) mass is 666 g/mol. The number of rotatable bonds is 5. The Hall–Kier alpha value is -7.36. The number of hydrogen-bond acceptors (Lipinski definition) is 6. The molecule has 0 bridgehead atoms. The molecule has 52 heavy (non-hydrogen) atoms. The highest BCUT2D eigenvalue weighted by atomic mass is 16.3. The quantitative estimate of drug-likeness (QED) is 0.182. The summed E-state index contributed by atoms with van der Waals surface area (Å²) in [7, 11) is 0. The van der Waals surface area contributed by atoms with Gasteiger partial charge in [-0.05, 0) is 64.7 Å². The maximum absolute atomic E-state index is 9.66. The smallest absolute Gasteiger partial charge is 0.164 e. The second kappa shape index (κ2) is 11.9. The van der Waals surface area contributed by atoms with E-state index in [1.807, 2.05) is 103 Å². The van der Waals surface area contributed by atoms with Crippen molar-refractivity contribution >= 4 is 43.9 Å². The van der Waals surface area contributed by atoms with Gasteiger partial charge in [-0.15, -0.1) is 0 Å². The van der Waals surface area contributed by atoms with Crippen molar-refractivity contribution in [2.24, 2.45) is 0 Å². The average Bonchev–Trinajstić information content (AvgIpc) is 3.79. The van der Waals surface area contributed by atoms with E-state index in [1.165, 1.54) is 0 Å². The van der Waals surface area contributed by atoms with E-state index in [4.69, 9.17) is 23.8 Å². The predicted molar refractivity (Wildman–Crippen MR) is 206 cm³/mol. The van der Waals surface area contributed by atoms with Crippen LogP contribution in [0.15, 0.2) is 167 Å². The van der Waals surface area contributed by atoms with E-state index in [9.17, 15) is 5.26 Å². The zero-order valence-electron chi connectivity index (χ0n) is 27.6. The summed E-state index contributed by atoms with van der Waals surface area (Å²) in [5.41, 5.74) is 10.2. The van der Waals surface area contributed by atoms with Crippen molar-refractivity contribution < 1.29 is 8.83 Å². The second-order valence-corrected chi connectivity index (χ2v) is 12.7. The van der Waals surface area contributed by atoms with E-state index in [2.05, 4.69) is 54.6 Å². The van der Waals surface area contributed by atoms with Gasteiger partial charge in [0.2, 0.25) is 0 Å². The maximum Gasteiger partial charge on any atom is 0.164 e. The van der Waals surface area contributed by atoms with E-state index in [0.717, 1.165) is 82.8 Å². The van der Waals surface area contributed by atoms with Gasteiger partial charge in [0.1, 0.15) is 22.3 Å². The highest BCUT2D eigenvalue weighted by molar-refractivity contribution is 6.13. The minimum absolute atomic E-state index is 0.510. The Bertz CT molecular complexity index is 3040. The Balaban J connectivity index is 1.21. The topological polar surface area (TPSA) is 88.7 Å². The summed E-state index contributed by atoms with van der Waals surface area (Å²) in [6, 6.07) is 54.5. The molecule has 0 radical (unpaired) electrons. The summed E-state index contributed by atoms with van der Waals surface area (Å²) in [5.74, 6) is 1.55. The van der Waals surface area contributed by atoms with Gasteiger partial charge in [0.05, 0.1) is 11.6 Å². The predicted octanol–water partition coefficient (Wildman–Crippen LogP) is 11.9. The molecule has 0 aliphatic carbocycles. The first kappa shape index (κ1) is 29.5. The van der Waals surface area contributed by atoms with Crippen molar-refractivity contribution in [2.45, 2.75) is 0 Å². The van der Waals surface area contributed by atoms with Crippen LogP contribution in [0.1, 0.15) is 5.56 Å². The first-order valence-electron chi connectivity index (χ1n) is 17.0. The second-order valence-electron chi connectivity index (χ2n) is 12.7. The number of nitrogens with zero attached hydrogens (tertiary/aromatic N) is 4. The molecule has 0 aliphatic heterocycles. The molecular weight excluding hydrogens is 641 g/mol. The fourth-order valence-electron chi connectivity index (χ4n) is 7.22. The van der Waals surface area contributed by atoms with E-state index >= 15 is 0 Å². The van der Waals surface area contributed by atoms with Crippen LogP contribution in [-0.4, -0.2) is 15.0 Å². The summed E-state index contributed by atoms with van der Waals surface area (Å²) in [4.78, 5) is 15.4. The van der Waals surface area contributed by atoms with Crippen molar-refractivity contribution in [1.29, 1.82) is 5.26 Å². The van der Waals surface area contributed by atoms with Gasteiger partial charge in [-0.3, -0.25) is 0 Å². The van der Waals surface area contributed by atoms with Gasteiger partial charge in [0, 0.05) is 38.2 Å². The molecule has 242 valence electrons. The third-order valence-electron chi connectivity index (χ3n) is 9.59. The molecule has 0 N–H and O–H groups in total. The Morgan fingerprint density at radius 1 is 0.385 bits per heavy atom. The molecule has 0 saturated carbocycles. The number of fused-ring (bicyclic) bond motifs is 6. The van der Waals surface area contributed by atoms with E-state index in [-0.39, 0.29) is 0 Å². The summed E-state index contributed by atoms with van der Waals surface area (Å²) >= 11 is 0. The highest BCUT2D eigenvalue weighted by Crippen LogP contribution is 2.40. The number of benzene rings is 7. The van der Waals surface area contributed by atoms with E-state index in [1.54, 1.807) is 6.07 Å². The molecular formula is C46H26N4O2.